The number of amides is 1. The van der Waals surface area contributed by atoms with E-state index in [1.807, 2.05) is 32.9 Å². The van der Waals surface area contributed by atoms with E-state index in [9.17, 15) is 9.00 Å². The summed E-state index contributed by atoms with van der Waals surface area (Å²) < 4.78 is 12.3. The first kappa shape index (κ1) is 20.1. The second-order valence-corrected chi connectivity index (χ2v) is 7.89. The van der Waals surface area contributed by atoms with Gasteiger partial charge in [-0.05, 0) is 30.2 Å². The molecule has 2 aromatic heterocycles. The summed E-state index contributed by atoms with van der Waals surface area (Å²) in [5, 5.41) is 3.78. The third-order valence-corrected chi connectivity index (χ3v) is 5.82. The predicted molar refractivity (Wildman–Crippen MR) is 110 cm³/mol. The maximum atomic E-state index is 12.4. The molecule has 0 aliphatic heterocycles. The fourth-order valence-corrected chi connectivity index (χ4v) is 4.07. The highest BCUT2D eigenvalue weighted by Crippen LogP contribution is 2.34. The van der Waals surface area contributed by atoms with Crippen molar-refractivity contribution in [2.75, 3.05) is 12.0 Å². The highest BCUT2D eigenvalue weighted by atomic mass is 32.2. The number of nitrogen functional groups attached to an aromatic ring is 1. The average Bonchev–Trinajstić information content (AvgIpc) is 3.00. The maximum absolute atomic E-state index is 12.4. The molecule has 0 aliphatic carbocycles. The normalized spacial score (nSPS) is 11.5. The number of aromatic nitrogens is 1. The number of carbonyl (C=O) groups is 1. The van der Waals surface area contributed by atoms with Gasteiger partial charge in [-0.15, -0.1) is 11.3 Å². The molecule has 0 aliphatic rings. The molecule has 0 bridgehead atoms. The summed E-state index contributed by atoms with van der Waals surface area (Å²) in [6.45, 7) is 6.32. The van der Waals surface area contributed by atoms with Gasteiger partial charge in [0.2, 0.25) is 0 Å². The lowest BCUT2D eigenvalue weighted by Crippen LogP contribution is -2.22. The number of benzene rings is 1. The van der Waals surface area contributed by atoms with Crippen molar-refractivity contribution in [3.63, 3.8) is 0 Å². The number of fused-ring (bicyclic) bond motifs is 1. The number of nitrogens with two attached hydrogens (primary N) is 1. The smallest absolute Gasteiger partial charge is 0.263 e. The first-order valence-corrected chi connectivity index (χ1v) is 10.7. The largest absolute Gasteiger partial charge is 0.397 e. The standard InChI is InChI=1S/C17H17N3O2S2.C2H6/c1-10-7-19-9-13-14(10)15(18)16(23-13)17(21)20-8-11-3-5-12(6-4-11)24(2)22;1-2/h3-7,9H,8,18H2,1-2H3,(H,20,21);1-2H3. The summed E-state index contributed by atoms with van der Waals surface area (Å²) in [6, 6.07) is 7.33. The number of anilines is 1. The molecular weight excluding hydrogens is 366 g/mol. The van der Waals surface area contributed by atoms with Crippen molar-refractivity contribution >= 4 is 43.8 Å². The van der Waals surface area contributed by atoms with Crippen LogP contribution in [0, 0.1) is 6.92 Å². The Bertz CT molecular complexity index is 934. The first-order valence-electron chi connectivity index (χ1n) is 8.30. The van der Waals surface area contributed by atoms with Gasteiger partial charge in [-0.1, -0.05) is 26.0 Å². The zero-order chi connectivity index (χ0) is 19.3. The summed E-state index contributed by atoms with van der Waals surface area (Å²) in [7, 11) is -1.00. The molecule has 0 radical (unpaired) electrons. The van der Waals surface area contributed by atoms with Crippen molar-refractivity contribution in [1.29, 1.82) is 0 Å². The van der Waals surface area contributed by atoms with Crippen molar-refractivity contribution < 1.29 is 9.00 Å². The lowest BCUT2D eigenvalue weighted by Gasteiger charge is -2.05. The highest BCUT2D eigenvalue weighted by molar-refractivity contribution is 7.84. The SMILES string of the molecule is CC.Cc1cncc2sc(C(=O)NCc3ccc(S(C)=O)cc3)c(N)c12. The van der Waals surface area contributed by atoms with Crippen molar-refractivity contribution in [2.24, 2.45) is 0 Å². The van der Waals surface area contributed by atoms with E-state index in [0.29, 0.717) is 17.1 Å². The molecule has 0 saturated heterocycles. The van der Waals surface area contributed by atoms with E-state index >= 15 is 0 Å². The van der Waals surface area contributed by atoms with E-state index in [-0.39, 0.29) is 5.91 Å². The number of carbonyl (C=O) groups excluding carboxylic acids is 1. The maximum Gasteiger partial charge on any atom is 0.263 e. The van der Waals surface area contributed by atoms with Crippen LogP contribution in [0.2, 0.25) is 0 Å². The fourth-order valence-electron chi connectivity index (χ4n) is 2.47. The van der Waals surface area contributed by atoms with E-state index in [0.717, 1.165) is 26.1 Å². The van der Waals surface area contributed by atoms with Crippen LogP contribution in [0.1, 0.15) is 34.6 Å². The van der Waals surface area contributed by atoms with Crippen LogP contribution in [-0.2, 0) is 17.3 Å². The Kier molecular flexibility index (Phi) is 6.88. The number of nitrogens with one attached hydrogen (secondary N) is 1. The van der Waals surface area contributed by atoms with Gasteiger partial charge < -0.3 is 11.1 Å². The van der Waals surface area contributed by atoms with Crippen LogP contribution >= 0.6 is 11.3 Å². The molecular formula is C19H23N3O2S2. The average molecular weight is 390 g/mol. The second kappa shape index (κ2) is 8.91. The van der Waals surface area contributed by atoms with Gasteiger partial charge in [0.15, 0.2) is 0 Å². The number of nitrogens with zero attached hydrogens (tertiary/aromatic N) is 1. The van der Waals surface area contributed by atoms with Crippen molar-refractivity contribution in [3.05, 3.63) is 52.7 Å². The molecule has 5 nitrogen and oxygen atoms in total. The van der Waals surface area contributed by atoms with Gasteiger partial charge in [0.05, 0.1) is 10.4 Å². The lowest BCUT2D eigenvalue weighted by molar-refractivity contribution is 0.0956. The molecule has 0 saturated carbocycles. The number of pyridine rings is 1. The topological polar surface area (TPSA) is 85.1 Å². The monoisotopic (exact) mass is 389 g/mol. The van der Waals surface area contributed by atoms with Gasteiger partial charge in [0, 0.05) is 46.3 Å². The van der Waals surface area contributed by atoms with Crippen LogP contribution in [0.4, 0.5) is 5.69 Å². The van der Waals surface area contributed by atoms with E-state index in [2.05, 4.69) is 10.3 Å². The highest BCUT2D eigenvalue weighted by Gasteiger charge is 2.17. The Balaban J connectivity index is 0.00000117. The first-order chi connectivity index (χ1) is 12.5. The van der Waals surface area contributed by atoms with Crippen LogP contribution in [0.5, 0.6) is 0 Å². The number of aryl methyl sites for hydroxylation is 1. The summed E-state index contributed by atoms with van der Waals surface area (Å²) in [5.41, 5.74) is 8.56. The number of rotatable bonds is 4. The lowest BCUT2D eigenvalue weighted by atomic mass is 10.1. The van der Waals surface area contributed by atoms with Crippen LogP contribution in [0.15, 0.2) is 41.6 Å². The number of thiophene rings is 1. The van der Waals surface area contributed by atoms with E-state index in [1.54, 1.807) is 30.8 Å². The molecule has 1 aromatic carbocycles. The minimum atomic E-state index is -1.00. The molecule has 1 amide bonds. The van der Waals surface area contributed by atoms with E-state index in [4.69, 9.17) is 5.73 Å². The molecule has 138 valence electrons. The molecule has 2 heterocycles. The van der Waals surface area contributed by atoms with Gasteiger partial charge in [-0.3, -0.25) is 14.0 Å². The Morgan fingerprint density at radius 3 is 2.46 bits per heavy atom. The Labute approximate surface area is 160 Å². The molecule has 0 fully saturated rings. The molecule has 3 aromatic rings. The zero-order valence-electron chi connectivity index (χ0n) is 15.3. The summed E-state index contributed by atoms with van der Waals surface area (Å²) in [4.78, 5) is 17.9. The minimum Gasteiger partial charge on any atom is -0.397 e. The summed E-state index contributed by atoms with van der Waals surface area (Å²) in [6.07, 6.45) is 5.11. The third-order valence-electron chi connectivity index (χ3n) is 3.74. The molecule has 1 unspecified atom stereocenters. The molecule has 26 heavy (non-hydrogen) atoms. The molecule has 3 N–H and O–H groups in total. The van der Waals surface area contributed by atoms with Gasteiger partial charge in [-0.2, -0.15) is 0 Å². The number of hydrogen-bond donors (Lipinski definition) is 2. The quantitative estimate of drug-likeness (QED) is 0.709. The van der Waals surface area contributed by atoms with E-state index in [1.165, 1.54) is 11.3 Å². The number of hydrogen-bond acceptors (Lipinski definition) is 5. The fraction of sp³-hybridized carbons (Fsp3) is 0.263. The van der Waals surface area contributed by atoms with Gasteiger partial charge in [0.25, 0.3) is 5.91 Å². The summed E-state index contributed by atoms with van der Waals surface area (Å²) >= 11 is 1.35. The summed E-state index contributed by atoms with van der Waals surface area (Å²) in [5.74, 6) is -0.198. The van der Waals surface area contributed by atoms with Crippen LogP contribution in [-0.4, -0.2) is 21.4 Å². The Morgan fingerprint density at radius 2 is 1.88 bits per heavy atom. The Hall–Kier alpha value is -2.25. The van der Waals surface area contributed by atoms with Crippen molar-refractivity contribution in [1.82, 2.24) is 10.3 Å². The van der Waals surface area contributed by atoms with Crippen molar-refractivity contribution in [2.45, 2.75) is 32.2 Å². The van der Waals surface area contributed by atoms with Crippen LogP contribution in [0.25, 0.3) is 10.1 Å². The van der Waals surface area contributed by atoms with E-state index < -0.39 is 10.8 Å². The Morgan fingerprint density at radius 1 is 1.23 bits per heavy atom. The van der Waals surface area contributed by atoms with Crippen LogP contribution in [0.3, 0.4) is 0 Å². The third kappa shape index (κ3) is 4.28. The molecule has 1 atom stereocenters. The van der Waals surface area contributed by atoms with Crippen molar-refractivity contribution in [3.8, 4) is 0 Å². The molecule has 7 heteroatoms. The zero-order valence-corrected chi connectivity index (χ0v) is 17.0. The van der Waals surface area contributed by atoms with Gasteiger partial charge >= 0.3 is 0 Å². The molecule has 0 spiro atoms. The molecule has 3 rings (SSSR count). The second-order valence-electron chi connectivity index (χ2n) is 5.46. The van der Waals surface area contributed by atoms with Gasteiger partial charge in [0.1, 0.15) is 4.88 Å². The van der Waals surface area contributed by atoms with Crippen LogP contribution < -0.4 is 11.1 Å². The van der Waals surface area contributed by atoms with Gasteiger partial charge in [-0.25, -0.2) is 0 Å². The predicted octanol–water partition coefficient (Wildman–Crippen LogP) is 3.88. The minimum absolute atomic E-state index is 0.198.